The molecule has 1 N–H and O–H groups in total. The van der Waals surface area contributed by atoms with Gasteiger partial charge in [0.2, 0.25) is 0 Å². The summed E-state index contributed by atoms with van der Waals surface area (Å²) in [5, 5.41) is 10.1. The maximum atomic E-state index is 11.5. The van der Waals surface area contributed by atoms with Gasteiger partial charge >= 0.3 is 0 Å². The first-order chi connectivity index (χ1) is 7.34. The Balaban J connectivity index is 3.28. The van der Waals surface area contributed by atoms with Crippen molar-refractivity contribution >= 4 is 9.84 Å². The van der Waals surface area contributed by atoms with E-state index in [1.54, 1.807) is 12.1 Å². The maximum Gasteiger partial charge on any atom is 0.175 e. The monoisotopic (exact) mass is 245 g/mol. The van der Waals surface area contributed by atoms with Gasteiger partial charge in [0.25, 0.3) is 0 Å². The summed E-state index contributed by atoms with van der Waals surface area (Å²) in [5.74, 6) is 0.477. The Kier molecular flexibility index (Phi) is 3.90. The van der Waals surface area contributed by atoms with Crippen LogP contribution >= 0.6 is 0 Å². The molecule has 0 aliphatic carbocycles. The zero-order valence-corrected chi connectivity index (χ0v) is 10.3. The third-order valence-electron chi connectivity index (χ3n) is 2.07. The summed E-state index contributed by atoms with van der Waals surface area (Å²) in [5.41, 5.74) is 0.535. The third kappa shape index (κ3) is 3.19. The fourth-order valence-electron chi connectivity index (χ4n) is 1.38. The normalized spacial score (nSPS) is 11.8. The highest BCUT2D eigenvalue weighted by Crippen LogP contribution is 2.22. The lowest BCUT2D eigenvalue weighted by Crippen LogP contribution is -2.14. The van der Waals surface area contributed by atoms with Crippen molar-refractivity contribution in [1.82, 2.24) is 5.06 Å². The van der Waals surface area contributed by atoms with E-state index in [0.29, 0.717) is 11.3 Å². The average Bonchev–Trinajstić information content (AvgIpc) is 2.15. The molecule has 0 atom stereocenters. The van der Waals surface area contributed by atoms with Crippen LogP contribution in [0.15, 0.2) is 23.1 Å². The van der Waals surface area contributed by atoms with E-state index in [9.17, 15) is 8.42 Å². The van der Waals surface area contributed by atoms with Gasteiger partial charge in [0.05, 0.1) is 12.0 Å². The van der Waals surface area contributed by atoms with E-state index in [4.69, 9.17) is 9.94 Å². The van der Waals surface area contributed by atoms with Crippen LogP contribution < -0.4 is 4.74 Å². The molecule has 16 heavy (non-hydrogen) atoms. The second-order valence-corrected chi connectivity index (χ2v) is 5.55. The maximum absolute atomic E-state index is 11.5. The van der Waals surface area contributed by atoms with Gasteiger partial charge in [-0.3, -0.25) is 0 Å². The molecule has 0 fully saturated rings. The number of hydrogen-bond acceptors (Lipinski definition) is 5. The second kappa shape index (κ2) is 4.82. The first-order valence-electron chi connectivity index (χ1n) is 4.61. The second-order valence-electron chi connectivity index (χ2n) is 3.56. The molecule has 0 amide bonds. The number of rotatable bonds is 4. The van der Waals surface area contributed by atoms with Crippen molar-refractivity contribution in [1.29, 1.82) is 0 Å². The summed E-state index contributed by atoms with van der Waals surface area (Å²) in [6.07, 6.45) is 1.13. The van der Waals surface area contributed by atoms with Crippen molar-refractivity contribution in [3.05, 3.63) is 23.8 Å². The predicted octanol–water partition coefficient (Wildman–Crippen LogP) is 0.920. The minimum absolute atomic E-state index is 0.145. The van der Waals surface area contributed by atoms with Crippen molar-refractivity contribution in [2.75, 3.05) is 20.4 Å². The van der Waals surface area contributed by atoms with Crippen molar-refractivity contribution in [2.24, 2.45) is 0 Å². The van der Waals surface area contributed by atoms with Gasteiger partial charge in [-0.15, -0.1) is 0 Å². The van der Waals surface area contributed by atoms with E-state index >= 15 is 0 Å². The van der Waals surface area contributed by atoms with Crippen LogP contribution in [0.1, 0.15) is 5.56 Å². The van der Waals surface area contributed by atoms with Crippen LogP contribution in [-0.2, 0) is 16.4 Å². The number of hydrogen-bond donors (Lipinski definition) is 1. The van der Waals surface area contributed by atoms with Crippen molar-refractivity contribution in [3.63, 3.8) is 0 Å². The molecule has 0 bridgehead atoms. The Hall–Kier alpha value is -1.11. The molecule has 0 aliphatic rings. The fourth-order valence-corrected chi connectivity index (χ4v) is 2.32. The molecule has 0 saturated carbocycles. The lowest BCUT2D eigenvalue weighted by Gasteiger charge is -2.13. The molecule has 0 spiro atoms. The minimum atomic E-state index is -3.33. The zero-order chi connectivity index (χ0) is 12.3. The first-order valence-corrected chi connectivity index (χ1v) is 6.50. The van der Waals surface area contributed by atoms with Gasteiger partial charge in [-0.2, -0.15) is 5.06 Å². The van der Waals surface area contributed by atoms with Crippen LogP contribution in [0.2, 0.25) is 0 Å². The molecule has 1 aromatic carbocycles. The lowest BCUT2D eigenvalue weighted by molar-refractivity contribution is -0.0737. The number of benzene rings is 1. The van der Waals surface area contributed by atoms with Gasteiger partial charge in [0, 0.05) is 19.8 Å². The molecule has 90 valence electrons. The number of ether oxygens (including phenoxy) is 1. The molecular formula is C10H15NO4S. The van der Waals surface area contributed by atoms with E-state index in [2.05, 4.69) is 0 Å². The summed E-state index contributed by atoms with van der Waals surface area (Å²) in [7, 11) is -0.403. The highest BCUT2D eigenvalue weighted by molar-refractivity contribution is 7.90. The van der Waals surface area contributed by atoms with Crippen LogP contribution in [0.3, 0.4) is 0 Å². The van der Waals surface area contributed by atoms with E-state index in [1.165, 1.54) is 20.2 Å². The fraction of sp³-hybridized carbons (Fsp3) is 0.400. The summed E-state index contributed by atoms with van der Waals surface area (Å²) in [6, 6.07) is 4.74. The van der Waals surface area contributed by atoms with Gasteiger partial charge in [-0.25, -0.2) is 8.42 Å². The van der Waals surface area contributed by atoms with Gasteiger partial charge in [-0.05, 0) is 17.7 Å². The SMILES string of the molecule is COc1ccc(CN(C)O)c(S(C)(=O)=O)c1. The Morgan fingerprint density at radius 2 is 2.06 bits per heavy atom. The number of sulfone groups is 1. The summed E-state index contributed by atoms with van der Waals surface area (Å²) in [6.45, 7) is 0.145. The van der Waals surface area contributed by atoms with Crippen LogP contribution in [-0.4, -0.2) is 39.1 Å². The Labute approximate surface area is 95.1 Å². The van der Waals surface area contributed by atoms with Crippen molar-refractivity contribution < 1.29 is 18.4 Å². The predicted molar refractivity (Wildman–Crippen MR) is 59.4 cm³/mol. The van der Waals surface area contributed by atoms with E-state index < -0.39 is 9.84 Å². The van der Waals surface area contributed by atoms with Gasteiger partial charge in [0.1, 0.15) is 5.75 Å². The molecular weight excluding hydrogens is 230 g/mol. The standard InChI is InChI=1S/C10H15NO4S/c1-11(12)7-8-4-5-9(15-2)6-10(8)16(3,13)14/h4-6,12H,7H2,1-3H3. The van der Waals surface area contributed by atoms with Crippen molar-refractivity contribution in [3.8, 4) is 5.75 Å². The Morgan fingerprint density at radius 3 is 2.50 bits per heavy atom. The van der Waals surface area contributed by atoms with Crippen LogP contribution in [0.4, 0.5) is 0 Å². The molecule has 0 aromatic heterocycles. The highest BCUT2D eigenvalue weighted by atomic mass is 32.2. The Morgan fingerprint density at radius 1 is 1.44 bits per heavy atom. The summed E-state index contributed by atoms with van der Waals surface area (Å²) >= 11 is 0. The van der Waals surface area contributed by atoms with E-state index in [1.807, 2.05) is 0 Å². The average molecular weight is 245 g/mol. The van der Waals surface area contributed by atoms with Gasteiger partial charge in [0.15, 0.2) is 9.84 Å². The molecule has 0 radical (unpaired) electrons. The molecule has 6 heteroatoms. The molecule has 0 heterocycles. The smallest absolute Gasteiger partial charge is 0.175 e. The van der Waals surface area contributed by atoms with Crippen LogP contribution in [0, 0.1) is 0 Å². The summed E-state index contributed by atoms with van der Waals surface area (Å²) < 4.78 is 28.1. The third-order valence-corrected chi connectivity index (χ3v) is 3.25. The van der Waals surface area contributed by atoms with Gasteiger partial charge < -0.3 is 9.94 Å². The number of nitrogens with zero attached hydrogens (tertiary/aromatic N) is 1. The lowest BCUT2D eigenvalue weighted by atomic mass is 10.2. The molecule has 5 nitrogen and oxygen atoms in total. The molecule has 1 aromatic rings. The largest absolute Gasteiger partial charge is 0.497 e. The van der Waals surface area contributed by atoms with E-state index in [-0.39, 0.29) is 11.4 Å². The number of hydroxylamine groups is 2. The van der Waals surface area contributed by atoms with Crippen LogP contribution in [0.5, 0.6) is 5.75 Å². The summed E-state index contributed by atoms with van der Waals surface area (Å²) in [4.78, 5) is 0.174. The highest BCUT2D eigenvalue weighted by Gasteiger charge is 2.15. The van der Waals surface area contributed by atoms with Crippen molar-refractivity contribution in [2.45, 2.75) is 11.4 Å². The van der Waals surface area contributed by atoms with E-state index in [0.717, 1.165) is 11.3 Å². The van der Waals surface area contributed by atoms with Crippen LogP contribution in [0.25, 0.3) is 0 Å². The molecule has 0 aliphatic heterocycles. The molecule has 0 saturated heterocycles. The zero-order valence-electron chi connectivity index (χ0n) is 9.47. The first kappa shape index (κ1) is 13.0. The minimum Gasteiger partial charge on any atom is -0.497 e. The molecule has 1 rings (SSSR count). The topological polar surface area (TPSA) is 66.8 Å². The Bertz CT molecular complexity index is 468. The molecule has 0 unspecified atom stereocenters. The quantitative estimate of drug-likeness (QED) is 0.799. The van der Waals surface area contributed by atoms with Gasteiger partial charge in [-0.1, -0.05) is 6.07 Å². The number of methoxy groups -OCH3 is 1.